The van der Waals surface area contributed by atoms with E-state index >= 15 is 0 Å². The molecule has 0 saturated carbocycles. The van der Waals surface area contributed by atoms with Crippen molar-refractivity contribution in [1.29, 1.82) is 5.26 Å². The predicted molar refractivity (Wildman–Crippen MR) is 56.2 cm³/mol. The van der Waals surface area contributed by atoms with Crippen LogP contribution < -0.4 is 0 Å². The highest BCUT2D eigenvalue weighted by Gasteiger charge is 2.26. The van der Waals surface area contributed by atoms with E-state index in [1.54, 1.807) is 0 Å². The summed E-state index contributed by atoms with van der Waals surface area (Å²) >= 11 is 0. The minimum atomic E-state index is 0.254. The molecular weight excluding hydrogens is 172 g/mol. The lowest BCUT2D eigenvalue weighted by molar-refractivity contribution is 0.390. The Morgan fingerprint density at radius 3 is 3.00 bits per heavy atom. The highest BCUT2D eigenvalue weighted by Crippen LogP contribution is 2.29. The van der Waals surface area contributed by atoms with Crippen LogP contribution in [0, 0.1) is 11.3 Å². The van der Waals surface area contributed by atoms with Crippen LogP contribution in [0.3, 0.4) is 0 Å². The summed E-state index contributed by atoms with van der Waals surface area (Å²) < 4.78 is 0. The molecule has 1 atom stereocenters. The van der Waals surface area contributed by atoms with E-state index in [1.165, 1.54) is 0 Å². The molecule has 1 heterocycles. The maximum atomic E-state index is 8.98. The molecule has 0 amide bonds. The predicted octanol–water partition coefficient (Wildman–Crippen LogP) is 2.15. The van der Waals surface area contributed by atoms with Crippen LogP contribution >= 0.6 is 0 Å². The van der Waals surface area contributed by atoms with Crippen LogP contribution in [0.5, 0.6) is 0 Å². The van der Waals surface area contributed by atoms with Gasteiger partial charge in [-0.1, -0.05) is 30.4 Å². The number of fused-ring (bicyclic) bond motifs is 1. The Kier molecular flexibility index (Phi) is 2.24. The van der Waals surface area contributed by atoms with Gasteiger partial charge in [-0.3, -0.25) is 0 Å². The van der Waals surface area contributed by atoms with E-state index in [4.69, 9.17) is 5.26 Å². The average molecular weight is 184 g/mol. The van der Waals surface area contributed by atoms with Gasteiger partial charge < -0.3 is 4.90 Å². The topological polar surface area (TPSA) is 27.0 Å². The van der Waals surface area contributed by atoms with E-state index in [1.807, 2.05) is 30.5 Å². The number of rotatable bonds is 1. The molecule has 0 spiro atoms. The van der Waals surface area contributed by atoms with E-state index in [0.717, 1.165) is 17.7 Å². The van der Waals surface area contributed by atoms with Gasteiger partial charge in [0.15, 0.2) is 0 Å². The van der Waals surface area contributed by atoms with Gasteiger partial charge >= 0.3 is 0 Å². The number of allylic oxidation sites excluding steroid dienone is 4. The number of hydrogen-bond donors (Lipinski definition) is 0. The summed E-state index contributed by atoms with van der Waals surface area (Å²) in [7, 11) is 0. The van der Waals surface area contributed by atoms with Crippen LogP contribution in [-0.2, 0) is 0 Å². The fourth-order valence-corrected chi connectivity index (χ4v) is 1.84. The average Bonchev–Trinajstić information content (AvgIpc) is 2.39. The molecule has 1 aliphatic heterocycles. The number of hydrogen-bond acceptors (Lipinski definition) is 2. The summed E-state index contributed by atoms with van der Waals surface area (Å²) in [5.41, 5.74) is 1.90. The largest absolute Gasteiger partial charge is 0.366 e. The molecule has 2 nitrogen and oxygen atoms in total. The second-order valence-electron chi connectivity index (χ2n) is 3.32. The SMILES string of the molecule is CCN1C=C(C#N)C2=CC=CC=CC21. The van der Waals surface area contributed by atoms with Crippen LogP contribution in [0.15, 0.2) is 47.7 Å². The molecule has 0 aromatic carbocycles. The van der Waals surface area contributed by atoms with Crippen LogP contribution in [0.4, 0.5) is 0 Å². The van der Waals surface area contributed by atoms with Crippen molar-refractivity contribution >= 4 is 0 Å². The first-order valence-corrected chi connectivity index (χ1v) is 4.80. The summed E-state index contributed by atoms with van der Waals surface area (Å²) in [6.07, 6.45) is 12.1. The lowest BCUT2D eigenvalue weighted by atomic mass is 10.0. The van der Waals surface area contributed by atoms with E-state index in [9.17, 15) is 0 Å². The van der Waals surface area contributed by atoms with E-state index in [-0.39, 0.29) is 6.04 Å². The van der Waals surface area contributed by atoms with Gasteiger partial charge in [-0.25, -0.2) is 0 Å². The summed E-state index contributed by atoms with van der Waals surface area (Å²) in [5.74, 6) is 0. The van der Waals surface area contributed by atoms with E-state index in [0.29, 0.717) is 0 Å². The van der Waals surface area contributed by atoms with Crippen molar-refractivity contribution in [3.8, 4) is 6.07 Å². The Morgan fingerprint density at radius 2 is 2.29 bits per heavy atom. The molecule has 0 fully saturated rings. The van der Waals surface area contributed by atoms with Crippen molar-refractivity contribution in [3.63, 3.8) is 0 Å². The lowest BCUT2D eigenvalue weighted by Gasteiger charge is -2.21. The minimum Gasteiger partial charge on any atom is -0.366 e. The van der Waals surface area contributed by atoms with Crippen molar-refractivity contribution in [2.24, 2.45) is 0 Å². The lowest BCUT2D eigenvalue weighted by Crippen LogP contribution is -2.25. The van der Waals surface area contributed by atoms with E-state index in [2.05, 4.69) is 24.0 Å². The summed E-state index contributed by atoms with van der Waals surface area (Å²) in [4.78, 5) is 2.17. The summed E-state index contributed by atoms with van der Waals surface area (Å²) in [5, 5.41) is 8.98. The highest BCUT2D eigenvalue weighted by atomic mass is 15.1. The van der Waals surface area contributed by atoms with Crippen molar-refractivity contribution in [2.75, 3.05) is 6.54 Å². The summed E-state index contributed by atoms with van der Waals surface area (Å²) in [6.45, 7) is 3.03. The quantitative estimate of drug-likeness (QED) is 0.624. The Hall–Kier alpha value is -1.75. The number of nitriles is 1. The van der Waals surface area contributed by atoms with Crippen LogP contribution in [0.25, 0.3) is 0 Å². The molecule has 2 aliphatic rings. The van der Waals surface area contributed by atoms with Crippen molar-refractivity contribution in [2.45, 2.75) is 13.0 Å². The van der Waals surface area contributed by atoms with Gasteiger partial charge in [-0.2, -0.15) is 5.26 Å². The summed E-state index contributed by atoms with van der Waals surface area (Å²) in [6, 6.07) is 2.49. The molecule has 70 valence electrons. The molecule has 14 heavy (non-hydrogen) atoms. The van der Waals surface area contributed by atoms with Gasteiger partial charge in [-0.15, -0.1) is 0 Å². The second-order valence-corrected chi connectivity index (χ2v) is 3.32. The molecule has 0 bridgehead atoms. The Labute approximate surface area is 84.1 Å². The minimum absolute atomic E-state index is 0.254. The normalized spacial score (nSPS) is 23.7. The molecule has 0 aromatic heterocycles. The molecule has 0 N–H and O–H groups in total. The molecular formula is C12H12N2. The first kappa shape index (κ1) is 8.83. The van der Waals surface area contributed by atoms with Crippen LogP contribution in [0.2, 0.25) is 0 Å². The van der Waals surface area contributed by atoms with Gasteiger partial charge in [0.25, 0.3) is 0 Å². The van der Waals surface area contributed by atoms with Gasteiger partial charge in [0.05, 0.1) is 11.6 Å². The highest BCUT2D eigenvalue weighted by molar-refractivity contribution is 5.53. The van der Waals surface area contributed by atoms with Gasteiger partial charge in [-0.05, 0) is 12.5 Å². The molecule has 1 unspecified atom stereocenters. The zero-order valence-electron chi connectivity index (χ0n) is 8.14. The fraction of sp³-hybridized carbons (Fsp3) is 0.250. The third-order valence-corrected chi connectivity index (χ3v) is 2.56. The Bertz CT molecular complexity index is 391. The molecule has 2 rings (SSSR count). The second kappa shape index (κ2) is 3.55. The van der Waals surface area contributed by atoms with Crippen molar-refractivity contribution < 1.29 is 0 Å². The maximum absolute atomic E-state index is 8.98. The molecule has 0 radical (unpaired) electrons. The third kappa shape index (κ3) is 1.27. The molecule has 0 aromatic rings. The number of likely N-dealkylation sites (N-methyl/N-ethyl adjacent to an activating group) is 1. The molecule has 1 aliphatic carbocycles. The monoisotopic (exact) mass is 184 g/mol. The van der Waals surface area contributed by atoms with Crippen LogP contribution in [0.1, 0.15) is 6.92 Å². The van der Waals surface area contributed by atoms with Gasteiger partial charge in [0, 0.05) is 12.7 Å². The zero-order valence-corrected chi connectivity index (χ0v) is 8.14. The first-order valence-electron chi connectivity index (χ1n) is 4.80. The standard InChI is InChI=1S/C12H12N2/c1-2-14-9-10(8-13)11-6-4-3-5-7-12(11)14/h3-7,9,12H,2H2,1H3. The molecule has 2 heteroatoms. The third-order valence-electron chi connectivity index (χ3n) is 2.56. The Balaban J connectivity index is 2.42. The van der Waals surface area contributed by atoms with Gasteiger partial charge in [0.2, 0.25) is 0 Å². The van der Waals surface area contributed by atoms with Crippen molar-refractivity contribution in [3.05, 3.63) is 47.7 Å². The van der Waals surface area contributed by atoms with Crippen molar-refractivity contribution in [1.82, 2.24) is 4.90 Å². The molecule has 0 saturated heterocycles. The Morgan fingerprint density at radius 1 is 1.43 bits per heavy atom. The zero-order chi connectivity index (χ0) is 9.97. The smallest absolute Gasteiger partial charge is 0.101 e. The maximum Gasteiger partial charge on any atom is 0.101 e. The van der Waals surface area contributed by atoms with E-state index < -0.39 is 0 Å². The fourth-order valence-electron chi connectivity index (χ4n) is 1.84. The number of nitrogens with zero attached hydrogens (tertiary/aromatic N) is 2. The van der Waals surface area contributed by atoms with Crippen LogP contribution in [-0.4, -0.2) is 17.5 Å². The van der Waals surface area contributed by atoms with Gasteiger partial charge in [0.1, 0.15) is 6.07 Å². The first-order chi connectivity index (χ1) is 6.86.